The highest BCUT2D eigenvalue weighted by Crippen LogP contribution is 2.40. The number of rotatable bonds is 6. The number of carbonyl (C=O) groups excluding carboxylic acids is 2. The summed E-state index contributed by atoms with van der Waals surface area (Å²) in [6.07, 6.45) is 1.69. The molecule has 0 saturated carbocycles. The largest absolute Gasteiger partial charge is 0.503 e. The van der Waals surface area contributed by atoms with Crippen molar-refractivity contribution in [3.05, 3.63) is 82.8 Å². The maximum Gasteiger partial charge on any atom is 0.290 e. The van der Waals surface area contributed by atoms with Crippen molar-refractivity contribution in [1.29, 1.82) is 0 Å². The Morgan fingerprint density at radius 3 is 2.66 bits per heavy atom. The molecule has 0 spiro atoms. The fraction of sp³-hybridized carbons (Fsp3) is 0.250. The number of amides is 1. The Kier molecular flexibility index (Phi) is 4.97. The molecular weight excluding hydrogens is 366 g/mol. The summed E-state index contributed by atoms with van der Waals surface area (Å²) in [7, 11) is 0. The fourth-order valence-corrected chi connectivity index (χ4v) is 3.86. The van der Waals surface area contributed by atoms with E-state index in [0.29, 0.717) is 12.1 Å². The maximum atomic E-state index is 13.4. The summed E-state index contributed by atoms with van der Waals surface area (Å²) in [4.78, 5) is 27.8. The molecule has 0 aliphatic carbocycles. The molecule has 0 radical (unpaired) electrons. The minimum absolute atomic E-state index is 0.0794. The van der Waals surface area contributed by atoms with Gasteiger partial charge in [0.25, 0.3) is 5.91 Å². The predicted molar refractivity (Wildman–Crippen MR) is 111 cm³/mol. The minimum atomic E-state index is -0.630. The number of hydrogen-bond donors (Lipinski definition) is 1. The molecule has 1 unspecified atom stereocenters. The molecule has 1 N–H and O–H groups in total. The van der Waals surface area contributed by atoms with Crippen LogP contribution in [0.2, 0.25) is 0 Å². The van der Waals surface area contributed by atoms with E-state index in [2.05, 4.69) is 0 Å². The van der Waals surface area contributed by atoms with Gasteiger partial charge in [0.15, 0.2) is 11.5 Å². The number of aliphatic hydroxyl groups excluding tert-OH is 1. The van der Waals surface area contributed by atoms with Crippen LogP contribution in [0.25, 0.3) is 11.0 Å². The Labute approximate surface area is 169 Å². The number of carbonyl (C=O) groups is 2. The summed E-state index contributed by atoms with van der Waals surface area (Å²) in [6.45, 7) is 4.46. The number of fused-ring (bicyclic) bond motifs is 1. The van der Waals surface area contributed by atoms with Gasteiger partial charge in [-0.2, -0.15) is 0 Å². The third-order valence-corrected chi connectivity index (χ3v) is 5.31. The van der Waals surface area contributed by atoms with E-state index in [1.807, 2.05) is 56.3 Å². The van der Waals surface area contributed by atoms with Gasteiger partial charge in [0.1, 0.15) is 5.58 Å². The van der Waals surface area contributed by atoms with Gasteiger partial charge in [-0.1, -0.05) is 61.4 Å². The molecule has 2 aromatic carbocycles. The van der Waals surface area contributed by atoms with Crippen LogP contribution in [0.5, 0.6) is 0 Å². The van der Waals surface area contributed by atoms with Crippen molar-refractivity contribution >= 4 is 22.7 Å². The van der Waals surface area contributed by atoms with E-state index in [9.17, 15) is 14.7 Å². The smallest absolute Gasteiger partial charge is 0.290 e. The second kappa shape index (κ2) is 7.59. The second-order valence-electron chi connectivity index (χ2n) is 7.41. The molecule has 148 valence electrons. The van der Waals surface area contributed by atoms with E-state index >= 15 is 0 Å². The molecule has 2 heterocycles. The lowest BCUT2D eigenvalue weighted by Crippen LogP contribution is -2.32. The second-order valence-corrected chi connectivity index (χ2v) is 7.41. The summed E-state index contributed by atoms with van der Waals surface area (Å²) in [5.74, 6) is -1.34. The molecule has 0 fully saturated rings. The zero-order chi connectivity index (χ0) is 20.5. The summed E-state index contributed by atoms with van der Waals surface area (Å²) < 4.78 is 5.73. The molecule has 1 aliphatic rings. The molecule has 5 nitrogen and oxygen atoms in total. The summed E-state index contributed by atoms with van der Waals surface area (Å²) >= 11 is 0. The van der Waals surface area contributed by atoms with Gasteiger partial charge in [-0.05, 0) is 31.0 Å². The van der Waals surface area contributed by atoms with Gasteiger partial charge in [0.2, 0.25) is 5.78 Å². The van der Waals surface area contributed by atoms with Gasteiger partial charge in [0.05, 0.1) is 11.6 Å². The number of aryl methyl sites for hydroxylation is 1. The number of unbranched alkanes of at least 4 members (excludes halogenated alkanes) is 1. The molecule has 4 rings (SSSR count). The van der Waals surface area contributed by atoms with E-state index in [0.717, 1.165) is 29.4 Å². The zero-order valence-electron chi connectivity index (χ0n) is 16.5. The summed E-state index contributed by atoms with van der Waals surface area (Å²) in [6, 6.07) is 16.0. The number of Topliss-reactive ketones (excluding diaryl/α,β-unsaturated/α-hetero) is 1. The minimum Gasteiger partial charge on any atom is -0.503 e. The molecule has 1 amide bonds. The summed E-state index contributed by atoms with van der Waals surface area (Å²) in [5.41, 5.74) is 2.50. The lowest BCUT2D eigenvalue weighted by atomic mass is 9.94. The van der Waals surface area contributed by atoms with E-state index in [1.165, 1.54) is 0 Å². The standard InChI is InChI=1S/C24H23NO4/c1-3-4-12-25-21(17-10-7-8-15(2)13-17)20(23(27)24(25)28)22(26)19-14-16-9-5-6-11-18(16)29-19/h5-11,13-14,21,27H,3-4,12H2,1-2H3. The first-order valence-electron chi connectivity index (χ1n) is 9.85. The lowest BCUT2D eigenvalue weighted by molar-refractivity contribution is -0.129. The van der Waals surface area contributed by atoms with E-state index in [-0.39, 0.29) is 11.3 Å². The molecule has 1 aliphatic heterocycles. The molecule has 5 heteroatoms. The van der Waals surface area contributed by atoms with Gasteiger partial charge >= 0.3 is 0 Å². The van der Waals surface area contributed by atoms with Gasteiger partial charge in [-0.25, -0.2) is 0 Å². The lowest BCUT2D eigenvalue weighted by Gasteiger charge is -2.26. The third kappa shape index (κ3) is 3.33. The first-order valence-corrected chi connectivity index (χ1v) is 9.85. The Hall–Kier alpha value is -3.34. The topological polar surface area (TPSA) is 70.8 Å². The van der Waals surface area contributed by atoms with E-state index in [1.54, 1.807) is 17.0 Å². The van der Waals surface area contributed by atoms with Crippen LogP contribution in [-0.4, -0.2) is 28.2 Å². The molecule has 0 bridgehead atoms. The van der Waals surface area contributed by atoms with Crippen molar-refractivity contribution in [3.8, 4) is 0 Å². The van der Waals surface area contributed by atoms with Crippen LogP contribution >= 0.6 is 0 Å². The van der Waals surface area contributed by atoms with Crippen LogP contribution in [0, 0.1) is 6.92 Å². The Morgan fingerprint density at radius 2 is 1.93 bits per heavy atom. The van der Waals surface area contributed by atoms with E-state index in [4.69, 9.17) is 4.42 Å². The third-order valence-electron chi connectivity index (χ3n) is 5.31. The Bertz CT molecular complexity index is 1090. The van der Waals surface area contributed by atoms with Crippen molar-refractivity contribution in [2.45, 2.75) is 32.7 Å². The molecule has 29 heavy (non-hydrogen) atoms. The first kappa shape index (κ1) is 19.0. The molecule has 1 atom stereocenters. The van der Waals surface area contributed by atoms with Crippen LogP contribution in [0.4, 0.5) is 0 Å². The van der Waals surface area contributed by atoms with Gasteiger partial charge < -0.3 is 14.4 Å². The maximum absolute atomic E-state index is 13.4. The van der Waals surface area contributed by atoms with Crippen molar-refractivity contribution in [2.24, 2.45) is 0 Å². The number of para-hydroxylation sites is 1. The predicted octanol–water partition coefficient (Wildman–Crippen LogP) is 5.12. The van der Waals surface area contributed by atoms with Crippen LogP contribution in [0.15, 0.2) is 70.3 Å². The quantitative estimate of drug-likeness (QED) is 0.594. The number of benzene rings is 2. The molecule has 1 aromatic heterocycles. The van der Waals surface area contributed by atoms with Crippen LogP contribution in [-0.2, 0) is 4.79 Å². The number of nitrogens with zero attached hydrogens (tertiary/aromatic N) is 1. The fourth-order valence-electron chi connectivity index (χ4n) is 3.86. The highest BCUT2D eigenvalue weighted by molar-refractivity contribution is 6.16. The molecule has 0 saturated heterocycles. The molecule has 3 aromatic rings. The SMILES string of the molecule is CCCCN1C(=O)C(O)=C(C(=O)c2cc3ccccc3o2)C1c1cccc(C)c1. The zero-order valence-corrected chi connectivity index (χ0v) is 16.5. The van der Waals surface area contributed by atoms with Crippen molar-refractivity contribution in [3.63, 3.8) is 0 Å². The van der Waals surface area contributed by atoms with Gasteiger partial charge in [-0.15, -0.1) is 0 Å². The Morgan fingerprint density at radius 1 is 1.14 bits per heavy atom. The normalized spacial score (nSPS) is 16.8. The number of furan rings is 1. The number of ketones is 1. The van der Waals surface area contributed by atoms with E-state index < -0.39 is 23.5 Å². The van der Waals surface area contributed by atoms with Crippen LogP contribution in [0.3, 0.4) is 0 Å². The summed E-state index contributed by atoms with van der Waals surface area (Å²) in [5, 5.41) is 11.5. The highest BCUT2D eigenvalue weighted by atomic mass is 16.3. The number of aliphatic hydroxyl groups is 1. The number of hydrogen-bond acceptors (Lipinski definition) is 4. The van der Waals surface area contributed by atoms with Crippen molar-refractivity contribution in [1.82, 2.24) is 4.90 Å². The van der Waals surface area contributed by atoms with Gasteiger partial charge in [0, 0.05) is 11.9 Å². The highest BCUT2D eigenvalue weighted by Gasteiger charge is 2.44. The Balaban J connectivity index is 1.81. The van der Waals surface area contributed by atoms with Crippen LogP contribution < -0.4 is 0 Å². The monoisotopic (exact) mass is 389 g/mol. The average Bonchev–Trinajstić information content (AvgIpc) is 3.26. The van der Waals surface area contributed by atoms with Crippen molar-refractivity contribution in [2.75, 3.05) is 6.54 Å². The molecular formula is C24H23NO4. The van der Waals surface area contributed by atoms with Crippen LogP contribution in [0.1, 0.15) is 47.5 Å². The first-order chi connectivity index (χ1) is 14.0. The average molecular weight is 389 g/mol. The van der Waals surface area contributed by atoms with Crippen molar-refractivity contribution < 1.29 is 19.1 Å². The van der Waals surface area contributed by atoms with Gasteiger partial charge in [-0.3, -0.25) is 9.59 Å².